The molecule has 0 aliphatic carbocycles. The summed E-state index contributed by atoms with van der Waals surface area (Å²) in [6, 6.07) is 10.5. The fourth-order valence-corrected chi connectivity index (χ4v) is 2.73. The molecule has 0 spiro atoms. The van der Waals surface area contributed by atoms with Crippen molar-refractivity contribution in [3.8, 4) is 5.75 Å². The summed E-state index contributed by atoms with van der Waals surface area (Å²) in [5.41, 5.74) is 2.93. The summed E-state index contributed by atoms with van der Waals surface area (Å²) in [5.74, 6) is 0.768. The standard InChI is InChI=1S/C18H20Cl2N2O2/c1-11(2)14-6-4-5-12(3)17(14)22-18(23)21-10-24-16-8-7-13(19)9-15(16)20/h4-9,11H,10H2,1-3H3,(H2,21,22,23). The monoisotopic (exact) mass is 366 g/mol. The summed E-state index contributed by atoms with van der Waals surface area (Å²) in [4.78, 5) is 12.1. The van der Waals surface area contributed by atoms with Gasteiger partial charge in [0.1, 0.15) is 5.75 Å². The molecule has 0 atom stereocenters. The van der Waals surface area contributed by atoms with Crippen LogP contribution in [-0.2, 0) is 0 Å². The summed E-state index contributed by atoms with van der Waals surface area (Å²) in [5, 5.41) is 6.46. The Labute approximate surface area is 152 Å². The van der Waals surface area contributed by atoms with E-state index in [1.54, 1.807) is 18.2 Å². The third-order valence-corrected chi connectivity index (χ3v) is 4.05. The van der Waals surface area contributed by atoms with Crippen LogP contribution in [0, 0.1) is 6.92 Å². The van der Waals surface area contributed by atoms with E-state index in [1.165, 1.54) is 0 Å². The van der Waals surface area contributed by atoms with E-state index in [9.17, 15) is 4.79 Å². The third-order valence-electron chi connectivity index (χ3n) is 3.52. The maximum absolute atomic E-state index is 12.1. The smallest absolute Gasteiger partial charge is 0.321 e. The number of halogens is 2. The van der Waals surface area contributed by atoms with Crippen LogP contribution < -0.4 is 15.4 Å². The Morgan fingerprint density at radius 2 is 1.96 bits per heavy atom. The lowest BCUT2D eigenvalue weighted by Gasteiger charge is -2.17. The molecule has 0 unspecified atom stereocenters. The van der Waals surface area contributed by atoms with Gasteiger partial charge in [0, 0.05) is 10.7 Å². The highest BCUT2D eigenvalue weighted by atomic mass is 35.5. The lowest BCUT2D eigenvalue weighted by Crippen LogP contribution is -2.32. The zero-order valence-electron chi connectivity index (χ0n) is 13.8. The summed E-state index contributed by atoms with van der Waals surface area (Å²) < 4.78 is 5.45. The topological polar surface area (TPSA) is 50.4 Å². The number of anilines is 1. The summed E-state index contributed by atoms with van der Waals surface area (Å²) in [7, 11) is 0. The number of nitrogens with one attached hydrogen (secondary N) is 2. The Balaban J connectivity index is 1.95. The van der Waals surface area contributed by atoms with Crippen molar-refractivity contribution in [1.29, 1.82) is 0 Å². The van der Waals surface area contributed by atoms with Gasteiger partial charge in [-0.05, 0) is 42.2 Å². The number of hydrogen-bond acceptors (Lipinski definition) is 2. The van der Waals surface area contributed by atoms with Crippen molar-refractivity contribution in [2.75, 3.05) is 12.0 Å². The van der Waals surface area contributed by atoms with Gasteiger partial charge < -0.3 is 15.4 Å². The lowest BCUT2D eigenvalue weighted by molar-refractivity contribution is 0.234. The molecule has 2 amide bonds. The molecule has 0 bridgehead atoms. The van der Waals surface area contributed by atoms with Gasteiger partial charge in [0.05, 0.1) is 5.02 Å². The van der Waals surface area contributed by atoms with Gasteiger partial charge in [0.2, 0.25) is 0 Å². The average Bonchev–Trinajstić information content (AvgIpc) is 2.51. The number of carbonyl (C=O) groups excluding carboxylic acids is 1. The average molecular weight is 367 g/mol. The van der Waals surface area contributed by atoms with Crippen molar-refractivity contribution >= 4 is 34.9 Å². The van der Waals surface area contributed by atoms with E-state index in [0.29, 0.717) is 21.7 Å². The molecule has 0 fully saturated rings. The molecule has 0 saturated heterocycles. The van der Waals surface area contributed by atoms with E-state index >= 15 is 0 Å². The first-order valence-electron chi connectivity index (χ1n) is 7.60. The number of urea groups is 1. The summed E-state index contributed by atoms with van der Waals surface area (Å²) in [6.45, 7) is 6.13. The zero-order chi connectivity index (χ0) is 17.7. The fraction of sp³-hybridized carbons (Fsp3) is 0.278. The van der Waals surface area contributed by atoms with Crippen LogP contribution in [0.25, 0.3) is 0 Å². The van der Waals surface area contributed by atoms with Crippen LogP contribution in [0.15, 0.2) is 36.4 Å². The predicted molar refractivity (Wildman–Crippen MR) is 99.4 cm³/mol. The van der Waals surface area contributed by atoms with Gasteiger partial charge in [-0.1, -0.05) is 55.2 Å². The Hall–Kier alpha value is -1.91. The van der Waals surface area contributed by atoms with Crippen molar-refractivity contribution in [1.82, 2.24) is 5.32 Å². The number of amides is 2. The number of benzene rings is 2. The highest BCUT2D eigenvalue weighted by Gasteiger charge is 2.12. The van der Waals surface area contributed by atoms with E-state index in [0.717, 1.165) is 16.8 Å². The molecule has 2 aromatic rings. The van der Waals surface area contributed by atoms with Crippen LogP contribution in [0.1, 0.15) is 30.9 Å². The first kappa shape index (κ1) is 18.4. The summed E-state index contributed by atoms with van der Waals surface area (Å²) >= 11 is 11.8. The van der Waals surface area contributed by atoms with Crippen LogP contribution >= 0.6 is 23.2 Å². The molecule has 0 heterocycles. The molecule has 0 aromatic heterocycles. The van der Waals surface area contributed by atoms with Crippen LogP contribution in [-0.4, -0.2) is 12.8 Å². The zero-order valence-corrected chi connectivity index (χ0v) is 15.3. The van der Waals surface area contributed by atoms with E-state index in [4.69, 9.17) is 27.9 Å². The van der Waals surface area contributed by atoms with Gasteiger partial charge >= 0.3 is 6.03 Å². The fourth-order valence-electron chi connectivity index (χ4n) is 2.27. The Morgan fingerprint density at radius 1 is 1.21 bits per heavy atom. The minimum absolute atomic E-state index is 0.00389. The number of para-hydroxylation sites is 1. The SMILES string of the molecule is Cc1cccc(C(C)C)c1NC(=O)NCOc1ccc(Cl)cc1Cl. The van der Waals surface area contributed by atoms with Crippen LogP contribution in [0.2, 0.25) is 10.0 Å². The molecule has 0 saturated carbocycles. The van der Waals surface area contributed by atoms with Gasteiger partial charge in [-0.25, -0.2) is 4.79 Å². The van der Waals surface area contributed by atoms with Crippen molar-refractivity contribution in [3.05, 3.63) is 57.6 Å². The number of hydrogen-bond donors (Lipinski definition) is 2. The van der Waals surface area contributed by atoms with Gasteiger partial charge in [-0.3, -0.25) is 0 Å². The molecule has 2 aromatic carbocycles. The first-order chi connectivity index (χ1) is 11.4. The number of rotatable bonds is 5. The molecule has 6 heteroatoms. The maximum Gasteiger partial charge on any atom is 0.321 e. The second-order valence-corrected chi connectivity index (χ2v) is 6.53. The van der Waals surface area contributed by atoms with Gasteiger partial charge in [-0.15, -0.1) is 0 Å². The van der Waals surface area contributed by atoms with Crippen molar-refractivity contribution in [2.24, 2.45) is 0 Å². The van der Waals surface area contributed by atoms with Crippen LogP contribution in [0.5, 0.6) is 5.75 Å². The van der Waals surface area contributed by atoms with Crippen molar-refractivity contribution in [3.63, 3.8) is 0 Å². The molecular weight excluding hydrogens is 347 g/mol. The highest BCUT2D eigenvalue weighted by Crippen LogP contribution is 2.28. The first-order valence-corrected chi connectivity index (χ1v) is 8.36. The second-order valence-electron chi connectivity index (χ2n) is 5.69. The van der Waals surface area contributed by atoms with Gasteiger partial charge in [0.25, 0.3) is 0 Å². The second kappa shape index (κ2) is 8.27. The minimum atomic E-state index is -0.337. The molecule has 128 valence electrons. The molecule has 2 rings (SSSR count). The Bertz CT molecular complexity index is 733. The van der Waals surface area contributed by atoms with Gasteiger partial charge in [0.15, 0.2) is 6.73 Å². The van der Waals surface area contributed by atoms with E-state index in [1.807, 2.05) is 25.1 Å². The molecular formula is C18H20Cl2N2O2. The molecule has 0 radical (unpaired) electrons. The normalized spacial score (nSPS) is 10.6. The molecule has 2 N–H and O–H groups in total. The number of ether oxygens (including phenoxy) is 1. The van der Waals surface area contributed by atoms with Crippen LogP contribution in [0.3, 0.4) is 0 Å². The molecule has 0 aliphatic heterocycles. The lowest BCUT2D eigenvalue weighted by atomic mass is 9.98. The highest BCUT2D eigenvalue weighted by molar-refractivity contribution is 6.35. The Kier molecular flexibility index (Phi) is 6.35. The molecule has 0 aliphatic rings. The van der Waals surface area contributed by atoms with E-state index in [2.05, 4.69) is 24.5 Å². The molecule has 24 heavy (non-hydrogen) atoms. The third kappa shape index (κ3) is 4.79. The maximum atomic E-state index is 12.1. The molecule has 4 nitrogen and oxygen atoms in total. The Morgan fingerprint density at radius 3 is 2.62 bits per heavy atom. The van der Waals surface area contributed by atoms with Crippen molar-refractivity contribution in [2.45, 2.75) is 26.7 Å². The summed E-state index contributed by atoms with van der Waals surface area (Å²) in [6.07, 6.45) is 0. The van der Waals surface area contributed by atoms with Crippen molar-refractivity contribution < 1.29 is 9.53 Å². The quantitative estimate of drug-likeness (QED) is 0.678. The number of carbonyl (C=O) groups is 1. The van der Waals surface area contributed by atoms with Crippen LogP contribution in [0.4, 0.5) is 10.5 Å². The van der Waals surface area contributed by atoms with Gasteiger partial charge in [-0.2, -0.15) is 0 Å². The van der Waals surface area contributed by atoms with E-state index < -0.39 is 0 Å². The number of aryl methyl sites for hydroxylation is 1. The predicted octanol–water partition coefficient (Wildman–Crippen LogP) is 5.58. The minimum Gasteiger partial charge on any atom is -0.472 e. The largest absolute Gasteiger partial charge is 0.472 e. The van der Waals surface area contributed by atoms with E-state index in [-0.39, 0.29) is 12.8 Å².